The number of dihydropyridines is 1. The second-order valence-corrected chi connectivity index (χ2v) is 1.99. The summed E-state index contributed by atoms with van der Waals surface area (Å²) in [5.41, 5.74) is 0.0829. The predicted molar refractivity (Wildman–Crippen MR) is 38.4 cm³/mol. The Morgan fingerprint density at radius 1 is 1.64 bits per heavy atom. The molecule has 1 heterocycles. The highest BCUT2D eigenvalue weighted by molar-refractivity contribution is 6.17. The standard InChI is InChI=1S/C7H5NO3/c1-4-2-5(7(10)11)3-8-6(4)9/h2-3H,1H2,(H,10,11). The van der Waals surface area contributed by atoms with Crippen molar-refractivity contribution in [1.82, 2.24) is 0 Å². The highest BCUT2D eigenvalue weighted by Crippen LogP contribution is 2.06. The zero-order chi connectivity index (χ0) is 8.43. The molecule has 0 saturated carbocycles. The first-order valence-electron chi connectivity index (χ1n) is 2.83. The third-order valence-electron chi connectivity index (χ3n) is 1.17. The van der Waals surface area contributed by atoms with Gasteiger partial charge in [-0.1, -0.05) is 6.58 Å². The van der Waals surface area contributed by atoms with Crippen molar-refractivity contribution in [2.24, 2.45) is 4.99 Å². The van der Waals surface area contributed by atoms with Crippen molar-refractivity contribution in [3.05, 3.63) is 23.8 Å². The molecule has 1 amide bonds. The molecule has 0 atom stereocenters. The first-order chi connectivity index (χ1) is 5.11. The molecule has 1 aliphatic rings. The molecular formula is C7H5NO3. The Hall–Kier alpha value is -1.71. The second kappa shape index (κ2) is 2.49. The van der Waals surface area contributed by atoms with Crippen LogP contribution in [0.25, 0.3) is 0 Å². The largest absolute Gasteiger partial charge is 0.478 e. The van der Waals surface area contributed by atoms with Crippen molar-refractivity contribution in [3.63, 3.8) is 0 Å². The number of carboxylic acid groups (broad SMARTS) is 1. The van der Waals surface area contributed by atoms with Crippen LogP contribution >= 0.6 is 0 Å². The minimum absolute atomic E-state index is 0.0189. The number of aliphatic imine (C=N–C) groups is 1. The SMILES string of the molecule is C=C1C=C(C(=O)O)C=NC1=O. The van der Waals surface area contributed by atoms with Crippen molar-refractivity contribution < 1.29 is 14.7 Å². The van der Waals surface area contributed by atoms with Crippen LogP contribution in [0.5, 0.6) is 0 Å². The molecule has 0 aromatic carbocycles. The van der Waals surface area contributed by atoms with Gasteiger partial charge in [0.15, 0.2) is 0 Å². The normalized spacial score (nSPS) is 16.5. The number of carbonyl (C=O) groups excluding carboxylic acids is 1. The zero-order valence-corrected chi connectivity index (χ0v) is 5.57. The van der Waals surface area contributed by atoms with Gasteiger partial charge in [0.1, 0.15) is 0 Å². The summed E-state index contributed by atoms with van der Waals surface area (Å²) in [6.07, 6.45) is 2.21. The molecular weight excluding hydrogens is 146 g/mol. The fourth-order valence-corrected chi connectivity index (χ4v) is 0.615. The van der Waals surface area contributed by atoms with Crippen molar-refractivity contribution in [3.8, 4) is 0 Å². The molecule has 0 unspecified atom stereocenters. The number of hydrogen-bond acceptors (Lipinski definition) is 2. The molecule has 1 aliphatic heterocycles. The van der Waals surface area contributed by atoms with Crippen LogP contribution < -0.4 is 0 Å². The average molecular weight is 151 g/mol. The van der Waals surface area contributed by atoms with Gasteiger partial charge in [-0.25, -0.2) is 9.79 Å². The third-order valence-corrected chi connectivity index (χ3v) is 1.17. The van der Waals surface area contributed by atoms with Gasteiger partial charge in [0.2, 0.25) is 0 Å². The van der Waals surface area contributed by atoms with Gasteiger partial charge in [-0.05, 0) is 6.08 Å². The lowest BCUT2D eigenvalue weighted by Gasteiger charge is -2.00. The number of aliphatic carboxylic acids is 1. The van der Waals surface area contributed by atoms with E-state index in [1.54, 1.807) is 0 Å². The molecule has 4 heteroatoms. The Balaban J connectivity index is 2.98. The molecule has 0 fully saturated rings. The number of carbonyl (C=O) groups is 2. The maximum absolute atomic E-state index is 10.6. The van der Waals surface area contributed by atoms with Gasteiger partial charge >= 0.3 is 5.97 Å². The Morgan fingerprint density at radius 2 is 2.27 bits per heavy atom. The molecule has 56 valence electrons. The van der Waals surface area contributed by atoms with E-state index in [1.807, 2.05) is 0 Å². The lowest BCUT2D eigenvalue weighted by Crippen LogP contribution is -2.10. The monoisotopic (exact) mass is 151 g/mol. The number of nitrogens with zero attached hydrogens (tertiary/aromatic N) is 1. The summed E-state index contributed by atoms with van der Waals surface area (Å²) in [6.45, 7) is 3.32. The molecule has 0 bridgehead atoms. The first-order valence-corrected chi connectivity index (χ1v) is 2.83. The van der Waals surface area contributed by atoms with Crippen molar-refractivity contribution in [2.45, 2.75) is 0 Å². The highest BCUT2D eigenvalue weighted by Gasteiger charge is 2.13. The van der Waals surface area contributed by atoms with Gasteiger partial charge in [0.05, 0.1) is 5.57 Å². The molecule has 1 rings (SSSR count). The van der Waals surface area contributed by atoms with Gasteiger partial charge in [-0.3, -0.25) is 4.79 Å². The summed E-state index contributed by atoms with van der Waals surface area (Å²) < 4.78 is 0. The van der Waals surface area contributed by atoms with Gasteiger partial charge in [0, 0.05) is 11.8 Å². The maximum atomic E-state index is 10.6. The third kappa shape index (κ3) is 1.40. The summed E-state index contributed by atoms with van der Waals surface area (Å²) >= 11 is 0. The van der Waals surface area contributed by atoms with E-state index in [1.165, 1.54) is 6.08 Å². The van der Waals surface area contributed by atoms with E-state index in [0.29, 0.717) is 0 Å². The fourth-order valence-electron chi connectivity index (χ4n) is 0.615. The number of amides is 1. The lowest BCUT2D eigenvalue weighted by molar-refractivity contribution is -0.132. The minimum atomic E-state index is -1.11. The molecule has 0 aliphatic carbocycles. The molecule has 1 N–H and O–H groups in total. The Kier molecular flexibility index (Phi) is 1.68. The molecule has 4 nitrogen and oxygen atoms in total. The Bertz CT molecular complexity index is 299. The van der Waals surface area contributed by atoms with Crippen LogP contribution in [0.3, 0.4) is 0 Å². The zero-order valence-electron chi connectivity index (χ0n) is 5.57. The Labute approximate surface area is 62.6 Å². The molecule has 0 spiro atoms. The topological polar surface area (TPSA) is 66.7 Å². The van der Waals surface area contributed by atoms with Gasteiger partial charge in [-0.15, -0.1) is 0 Å². The summed E-state index contributed by atoms with van der Waals surface area (Å²) in [7, 11) is 0. The van der Waals surface area contributed by atoms with Crippen LogP contribution in [0.2, 0.25) is 0 Å². The van der Waals surface area contributed by atoms with E-state index in [0.717, 1.165) is 6.21 Å². The molecule has 11 heavy (non-hydrogen) atoms. The Morgan fingerprint density at radius 3 is 2.73 bits per heavy atom. The van der Waals surface area contributed by atoms with E-state index in [-0.39, 0.29) is 11.1 Å². The van der Waals surface area contributed by atoms with Crippen LogP contribution in [-0.2, 0) is 9.59 Å². The van der Waals surface area contributed by atoms with E-state index in [9.17, 15) is 9.59 Å². The van der Waals surface area contributed by atoms with Crippen LogP contribution in [-0.4, -0.2) is 23.2 Å². The quantitative estimate of drug-likeness (QED) is 0.543. The van der Waals surface area contributed by atoms with Crippen LogP contribution in [0.4, 0.5) is 0 Å². The molecule has 0 aromatic rings. The minimum Gasteiger partial charge on any atom is -0.478 e. The van der Waals surface area contributed by atoms with Gasteiger partial charge in [0.25, 0.3) is 5.91 Å². The first kappa shape index (κ1) is 7.40. The molecule has 0 aromatic heterocycles. The van der Waals surface area contributed by atoms with Gasteiger partial charge in [-0.2, -0.15) is 0 Å². The fraction of sp³-hybridized carbons (Fsp3) is 0. The van der Waals surface area contributed by atoms with Gasteiger partial charge < -0.3 is 5.11 Å². The number of hydrogen-bond donors (Lipinski definition) is 1. The van der Waals surface area contributed by atoms with Crippen molar-refractivity contribution in [2.75, 3.05) is 0 Å². The average Bonchev–Trinajstić information content (AvgIpc) is 1.94. The predicted octanol–water partition coefficient (Wildman–Crippen LogP) is 0.165. The van der Waals surface area contributed by atoms with Crippen molar-refractivity contribution >= 4 is 18.1 Å². The van der Waals surface area contributed by atoms with Crippen LogP contribution in [0.15, 0.2) is 28.8 Å². The van der Waals surface area contributed by atoms with E-state index < -0.39 is 11.9 Å². The summed E-state index contributed by atoms with van der Waals surface area (Å²) in [5.74, 6) is -1.60. The van der Waals surface area contributed by atoms with E-state index in [2.05, 4.69) is 11.6 Å². The van der Waals surface area contributed by atoms with Crippen LogP contribution in [0, 0.1) is 0 Å². The summed E-state index contributed by atoms with van der Waals surface area (Å²) in [5, 5.41) is 8.43. The second-order valence-electron chi connectivity index (χ2n) is 1.99. The van der Waals surface area contributed by atoms with E-state index in [4.69, 9.17) is 5.11 Å². The summed E-state index contributed by atoms with van der Waals surface area (Å²) in [6, 6.07) is 0. The summed E-state index contributed by atoms with van der Waals surface area (Å²) in [4.78, 5) is 24.2. The maximum Gasteiger partial charge on any atom is 0.337 e. The lowest BCUT2D eigenvalue weighted by atomic mass is 10.1. The van der Waals surface area contributed by atoms with Crippen molar-refractivity contribution in [1.29, 1.82) is 0 Å². The molecule has 0 radical (unpaired) electrons. The smallest absolute Gasteiger partial charge is 0.337 e. The number of carboxylic acids is 1. The number of rotatable bonds is 1. The van der Waals surface area contributed by atoms with E-state index >= 15 is 0 Å². The highest BCUT2D eigenvalue weighted by atomic mass is 16.4. The molecule has 0 saturated heterocycles. The van der Waals surface area contributed by atoms with Crippen LogP contribution in [0.1, 0.15) is 0 Å².